The lowest BCUT2D eigenvalue weighted by atomic mass is 9.81. The smallest absolute Gasteiger partial charge is 0.254 e. The fourth-order valence-electron chi connectivity index (χ4n) is 4.79. The Morgan fingerprint density at radius 1 is 1.18 bits per heavy atom. The monoisotopic (exact) mass is 448 g/mol. The number of benzene rings is 1. The van der Waals surface area contributed by atoms with Gasteiger partial charge in [-0.3, -0.25) is 9.59 Å². The molecule has 2 aliphatic heterocycles. The van der Waals surface area contributed by atoms with Gasteiger partial charge in [0.1, 0.15) is 11.6 Å². The minimum Gasteiger partial charge on any atom is -0.497 e. The molecular weight excluding hydrogens is 416 g/mol. The average molecular weight is 449 g/mol. The molecule has 7 heteroatoms. The SMILES string of the molecule is CNc1cc(C(=O)N2CCC([C@H]3CC=CCN(Cc4cccc(OC)c4)C3=O)CC2)ccn1. The topological polar surface area (TPSA) is 74.8 Å². The molecule has 3 heterocycles. The van der Waals surface area contributed by atoms with Crippen LogP contribution in [0.5, 0.6) is 5.75 Å². The number of amides is 2. The van der Waals surface area contributed by atoms with Gasteiger partial charge in [0.25, 0.3) is 5.91 Å². The van der Waals surface area contributed by atoms with Crippen molar-refractivity contribution >= 4 is 17.6 Å². The van der Waals surface area contributed by atoms with E-state index in [9.17, 15) is 9.59 Å². The van der Waals surface area contributed by atoms with Crippen LogP contribution in [0.25, 0.3) is 0 Å². The highest BCUT2D eigenvalue weighted by atomic mass is 16.5. The number of hydrogen-bond acceptors (Lipinski definition) is 5. The molecule has 0 radical (unpaired) electrons. The normalized spacial score (nSPS) is 19.3. The first-order chi connectivity index (χ1) is 16.1. The van der Waals surface area contributed by atoms with Crippen LogP contribution in [0.4, 0.5) is 5.82 Å². The molecule has 2 aromatic rings. The summed E-state index contributed by atoms with van der Waals surface area (Å²) in [6, 6.07) is 11.4. The highest BCUT2D eigenvalue weighted by Gasteiger charge is 2.35. The number of anilines is 1. The lowest BCUT2D eigenvalue weighted by Gasteiger charge is -2.36. The summed E-state index contributed by atoms with van der Waals surface area (Å²) in [5, 5.41) is 2.98. The first-order valence-electron chi connectivity index (χ1n) is 11.6. The summed E-state index contributed by atoms with van der Waals surface area (Å²) in [4.78, 5) is 34.4. The van der Waals surface area contributed by atoms with Gasteiger partial charge in [-0.2, -0.15) is 0 Å². The van der Waals surface area contributed by atoms with Crippen LogP contribution in [0.3, 0.4) is 0 Å². The molecule has 1 fully saturated rings. The predicted molar refractivity (Wildman–Crippen MR) is 128 cm³/mol. The van der Waals surface area contributed by atoms with Gasteiger partial charge in [0.15, 0.2) is 0 Å². The summed E-state index contributed by atoms with van der Waals surface area (Å²) in [5.74, 6) is 1.96. The van der Waals surface area contributed by atoms with Crippen LogP contribution < -0.4 is 10.1 Å². The van der Waals surface area contributed by atoms with E-state index < -0.39 is 0 Å². The molecule has 2 aliphatic rings. The molecule has 0 unspecified atom stereocenters. The largest absolute Gasteiger partial charge is 0.497 e. The second-order valence-electron chi connectivity index (χ2n) is 8.69. The number of aromatic nitrogens is 1. The maximum atomic E-state index is 13.5. The zero-order valence-electron chi connectivity index (χ0n) is 19.4. The van der Waals surface area contributed by atoms with Gasteiger partial charge in [0.2, 0.25) is 5.91 Å². The Kier molecular flexibility index (Phi) is 7.27. The summed E-state index contributed by atoms with van der Waals surface area (Å²) >= 11 is 0. The fourth-order valence-corrected chi connectivity index (χ4v) is 4.79. The third-order valence-corrected chi connectivity index (χ3v) is 6.68. The maximum absolute atomic E-state index is 13.5. The maximum Gasteiger partial charge on any atom is 0.254 e. The molecule has 1 saturated heterocycles. The van der Waals surface area contributed by atoms with E-state index in [-0.39, 0.29) is 23.7 Å². The number of piperidine rings is 1. The van der Waals surface area contributed by atoms with Crippen molar-refractivity contribution in [1.82, 2.24) is 14.8 Å². The molecule has 174 valence electrons. The van der Waals surface area contributed by atoms with Crippen LogP contribution in [-0.4, -0.2) is 60.4 Å². The van der Waals surface area contributed by atoms with Gasteiger partial charge in [-0.1, -0.05) is 24.3 Å². The first-order valence-corrected chi connectivity index (χ1v) is 11.6. The Balaban J connectivity index is 1.39. The Morgan fingerprint density at radius 2 is 2.00 bits per heavy atom. The second-order valence-corrected chi connectivity index (χ2v) is 8.69. The van der Waals surface area contributed by atoms with Crippen LogP contribution in [0.15, 0.2) is 54.7 Å². The fraction of sp³-hybridized carbons (Fsp3) is 0.423. The van der Waals surface area contributed by atoms with E-state index in [4.69, 9.17) is 4.74 Å². The van der Waals surface area contributed by atoms with E-state index in [1.807, 2.05) is 34.1 Å². The van der Waals surface area contributed by atoms with Gasteiger partial charge in [-0.05, 0) is 55.0 Å². The zero-order chi connectivity index (χ0) is 23.2. The van der Waals surface area contributed by atoms with Crippen molar-refractivity contribution in [2.75, 3.05) is 39.1 Å². The molecule has 4 rings (SSSR count). The molecule has 0 aliphatic carbocycles. The number of carbonyl (C=O) groups is 2. The lowest BCUT2D eigenvalue weighted by molar-refractivity contribution is -0.137. The summed E-state index contributed by atoms with van der Waals surface area (Å²) in [6.07, 6.45) is 8.34. The molecule has 0 bridgehead atoms. The number of nitrogens with zero attached hydrogens (tertiary/aromatic N) is 3. The molecular formula is C26H32N4O3. The molecule has 1 N–H and O–H groups in total. The third kappa shape index (κ3) is 5.35. The van der Waals surface area contributed by atoms with Gasteiger partial charge in [-0.25, -0.2) is 4.98 Å². The number of likely N-dealkylation sites (tertiary alicyclic amines) is 1. The lowest BCUT2D eigenvalue weighted by Crippen LogP contribution is -2.44. The molecule has 1 aromatic heterocycles. The number of allylic oxidation sites excluding steroid dienone is 1. The Morgan fingerprint density at radius 3 is 2.76 bits per heavy atom. The van der Waals surface area contributed by atoms with Crippen molar-refractivity contribution in [2.45, 2.75) is 25.8 Å². The number of methoxy groups -OCH3 is 1. The van der Waals surface area contributed by atoms with Crippen molar-refractivity contribution in [3.63, 3.8) is 0 Å². The van der Waals surface area contributed by atoms with Crippen molar-refractivity contribution in [1.29, 1.82) is 0 Å². The van der Waals surface area contributed by atoms with Gasteiger partial charge in [0.05, 0.1) is 7.11 Å². The van der Waals surface area contributed by atoms with Crippen LogP contribution in [0.2, 0.25) is 0 Å². The van der Waals surface area contributed by atoms with Crippen molar-refractivity contribution in [3.05, 3.63) is 65.9 Å². The minimum atomic E-state index is -0.0385. The third-order valence-electron chi connectivity index (χ3n) is 6.68. The number of rotatable bonds is 6. The van der Waals surface area contributed by atoms with Crippen LogP contribution in [-0.2, 0) is 11.3 Å². The number of pyridine rings is 1. The highest BCUT2D eigenvalue weighted by molar-refractivity contribution is 5.94. The first kappa shape index (κ1) is 22.8. The van der Waals surface area contributed by atoms with Crippen LogP contribution in [0, 0.1) is 11.8 Å². The summed E-state index contributed by atoms with van der Waals surface area (Å²) in [6.45, 7) is 2.54. The quantitative estimate of drug-likeness (QED) is 0.684. The molecule has 1 atom stereocenters. The second kappa shape index (κ2) is 10.5. The molecule has 0 spiro atoms. The molecule has 2 amide bonds. The van der Waals surface area contributed by atoms with E-state index in [2.05, 4.69) is 22.5 Å². The van der Waals surface area contributed by atoms with E-state index >= 15 is 0 Å². The Hall–Kier alpha value is -3.35. The number of nitrogens with one attached hydrogen (secondary N) is 1. The summed E-state index contributed by atoms with van der Waals surface area (Å²) in [5.41, 5.74) is 1.71. The van der Waals surface area contributed by atoms with E-state index in [1.54, 1.807) is 32.5 Å². The molecule has 0 saturated carbocycles. The number of carbonyl (C=O) groups excluding carboxylic acids is 2. The Labute approximate surface area is 195 Å². The standard InChI is InChI=1S/C26H32N4O3/c1-27-24-17-21(9-12-28-24)25(31)29-14-10-20(11-15-29)23-8-3-4-13-30(26(23)32)18-19-6-5-7-22(16-19)33-2/h3-7,9,12,16-17,20,23H,8,10-11,13-15,18H2,1-2H3,(H,27,28)/t23-/m1/s1. The van der Waals surface area contributed by atoms with Gasteiger partial charge in [-0.15, -0.1) is 0 Å². The zero-order valence-corrected chi connectivity index (χ0v) is 19.4. The van der Waals surface area contributed by atoms with E-state index in [1.165, 1.54) is 0 Å². The summed E-state index contributed by atoms with van der Waals surface area (Å²) in [7, 11) is 3.44. The minimum absolute atomic E-state index is 0.0269. The number of hydrogen-bond donors (Lipinski definition) is 1. The van der Waals surface area contributed by atoms with Crippen molar-refractivity contribution < 1.29 is 14.3 Å². The molecule has 7 nitrogen and oxygen atoms in total. The molecule has 33 heavy (non-hydrogen) atoms. The van der Waals surface area contributed by atoms with Crippen LogP contribution >= 0.6 is 0 Å². The average Bonchev–Trinajstić information content (AvgIpc) is 3.05. The predicted octanol–water partition coefficient (Wildman–Crippen LogP) is 3.59. The van der Waals surface area contributed by atoms with Gasteiger partial charge in [0, 0.05) is 50.9 Å². The molecule has 1 aromatic carbocycles. The van der Waals surface area contributed by atoms with Crippen molar-refractivity contribution in [2.24, 2.45) is 11.8 Å². The van der Waals surface area contributed by atoms with E-state index in [0.717, 1.165) is 30.6 Å². The summed E-state index contributed by atoms with van der Waals surface area (Å²) < 4.78 is 5.33. The van der Waals surface area contributed by atoms with Gasteiger partial charge < -0.3 is 19.9 Å². The van der Waals surface area contributed by atoms with Crippen molar-refractivity contribution in [3.8, 4) is 5.75 Å². The highest BCUT2D eigenvalue weighted by Crippen LogP contribution is 2.32. The van der Waals surface area contributed by atoms with Gasteiger partial charge >= 0.3 is 0 Å². The van der Waals surface area contributed by atoms with Crippen LogP contribution in [0.1, 0.15) is 35.2 Å². The van der Waals surface area contributed by atoms with E-state index in [0.29, 0.717) is 37.6 Å². The Bertz CT molecular complexity index is 1010. The number of ether oxygens (including phenoxy) is 1.